The lowest BCUT2D eigenvalue weighted by Gasteiger charge is -2.12. The average Bonchev–Trinajstić information content (AvgIpc) is 2.84. The van der Waals surface area contributed by atoms with Crippen LogP contribution in [0.3, 0.4) is 0 Å². The van der Waals surface area contributed by atoms with Crippen LogP contribution in [-0.4, -0.2) is 16.1 Å². The zero-order valence-electron chi connectivity index (χ0n) is 10.6. The Morgan fingerprint density at radius 2 is 2.28 bits per heavy atom. The summed E-state index contributed by atoms with van der Waals surface area (Å²) in [5.74, 6) is 0.414. The first-order chi connectivity index (χ1) is 8.76. The van der Waals surface area contributed by atoms with E-state index >= 15 is 0 Å². The lowest BCUT2D eigenvalue weighted by molar-refractivity contribution is 0.721. The quantitative estimate of drug-likeness (QED) is 0.891. The third-order valence-corrected chi connectivity index (χ3v) is 2.80. The maximum atomic E-state index is 9.04. The van der Waals surface area contributed by atoms with Gasteiger partial charge in [-0.25, -0.2) is 4.98 Å². The van der Waals surface area contributed by atoms with E-state index < -0.39 is 0 Å². The van der Waals surface area contributed by atoms with Crippen LogP contribution in [0.2, 0.25) is 0 Å². The second kappa shape index (κ2) is 5.48. The molecule has 18 heavy (non-hydrogen) atoms. The van der Waals surface area contributed by atoms with E-state index in [1.807, 2.05) is 22.9 Å². The van der Waals surface area contributed by atoms with Crippen molar-refractivity contribution in [1.29, 1.82) is 5.26 Å². The summed E-state index contributed by atoms with van der Waals surface area (Å²) < 4.78 is 1.83. The summed E-state index contributed by atoms with van der Waals surface area (Å²) in [6, 6.07) is 8.32. The molecular formula is C14H16N4. The maximum absolute atomic E-state index is 9.04. The normalized spacial score (nSPS) is 10.3. The number of rotatable bonds is 4. The van der Waals surface area contributed by atoms with E-state index in [1.165, 1.54) is 11.1 Å². The van der Waals surface area contributed by atoms with Gasteiger partial charge in [0.25, 0.3) is 0 Å². The molecule has 2 rings (SSSR count). The van der Waals surface area contributed by atoms with Gasteiger partial charge in [0.1, 0.15) is 6.07 Å². The number of nitrogens with one attached hydrogen (secondary N) is 1. The summed E-state index contributed by atoms with van der Waals surface area (Å²) >= 11 is 0. The maximum Gasteiger partial charge on any atom is 0.217 e. The molecular weight excluding hydrogens is 224 g/mol. The Balaban J connectivity index is 2.47. The first kappa shape index (κ1) is 12.3. The lowest BCUT2D eigenvalue weighted by atomic mass is 10.1. The van der Waals surface area contributed by atoms with Crippen molar-refractivity contribution in [2.75, 3.05) is 6.54 Å². The summed E-state index contributed by atoms with van der Waals surface area (Å²) in [6.45, 7) is 5.85. The summed E-state index contributed by atoms with van der Waals surface area (Å²) in [7, 11) is 0. The van der Waals surface area contributed by atoms with Crippen molar-refractivity contribution in [2.45, 2.75) is 20.4 Å². The van der Waals surface area contributed by atoms with Crippen molar-refractivity contribution in [3.63, 3.8) is 0 Å². The molecule has 2 aromatic rings. The van der Waals surface area contributed by atoms with Crippen molar-refractivity contribution in [3.05, 3.63) is 47.5 Å². The molecule has 92 valence electrons. The second-order valence-corrected chi connectivity index (χ2v) is 4.15. The minimum absolute atomic E-state index is 0.414. The molecule has 1 N–H and O–H groups in total. The third kappa shape index (κ3) is 2.41. The molecule has 0 saturated carbocycles. The van der Waals surface area contributed by atoms with Crippen LogP contribution in [0.25, 0.3) is 5.69 Å². The molecule has 1 heterocycles. The van der Waals surface area contributed by atoms with Gasteiger partial charge in [0, 0.05) is 18.9 Å². The molecule has 0 fully saturated rings. The lowest BCUT2D eigenvalue weighted by Crippen LogP contribution is -2.14. The van der Waals surface area contributed by atoms with Gasteiger partial charge in [-0.3, -0.25) is 4.57 Å². The Labute approximate surface area is 107 Å². The number of aryl methyl sites for hydroxylation is 1. The number of nitriles is 1. The largest absolute Gasteiger partial charge is 0.313 e. The second-order valence-electron chi connectivity index (χ2n) is 4.15. The van der Waals surface area contributed by atoms with Crippen molar-refractivity contribution in [2.24, 2.45) is 0 Å². The molecule has 0 amide bonds. The smallest absolute Gasteiger partial charge is 0.217 e. The van der Waals surface area contributed by atoms with E-state index in [1.54, 1.807) is 6.20 Å². The Hall–Kier alpha value is -2.12. The monoisotopic (exact) mass is 240 g/mol. The predicted molar refractivity (Wildman–Crippen MR) is 70.4 cm³/mol. The van der Waals surface area contributed by atoms with E-state index in [-0.39, 0.29) is 0 Å². The highest BCUT2D eigenvalue weighted by Gasteiger charge is 2.08. The number of nitrogens with zero attached hydrogens (tertiary/aromatic N) is 3. The van der Waals surface area contributed by atoms with Gasteiger partial charge in [0.05, 0.1) is 5.69 Å². The van der Waals surface area contributed by atoms with Crippen LogP contribution in [0.15, 0.2) is 30.6 Å². The van der Waals surface area contributed by atoms with Gasteiger partial charge in [-0.2, -0.15) is 5.26 Å². The van der Waals surface area contributed by atoms with Crippen LogP contribution >= 0.6 is 0 Å². The molecule has 0 aliphatic heterocycles. The van der Waals surface area contributed by atoms with Crippen LogP contribution in [0, 0.1) is 18.3 Å². The van der Waals surface area contributed by atoms with Crippen LogP contribution < -0.4 is 5.32 Å². The Kier molecular flexibility index (Phi) is 3.75. The van der Waals surface area contributed by atoms with E-state index in [0.717, 1.165) is 18.8 Å². The van der Waals surface area contributed by atoms with Gasteiger partial charge >= 0.3 is 0 Å². The minimum atomic E-state index is 0.414. The number of hydrogen-bond acceptors (Lipinski definition) is 3. The molecule has 4 heteroatoms. The highest BCUT2D eigenvalue weighted by molar-refractivity contribution is 5.45. The third-order valence-electron chi connectivity index (χ3n) is 2.80. The van der Waals surface area contributed by atoms with Gasteiger partial charge in [0.2, 0.25) is 5.82 Å². The van der Waals surface area contributed by atoms with E-state index in [9.17, 15) is 0 Å². The number of aromatic nitrogens is 2. The topological polar surface area (TPSA) is 53.6 Å². The fourth-order valence-corrected chi connectivity index (χ4v) is 1.93. The summed E-state index contributed by atoms with van der Waals surface area (Å²) in [5.41, 5.74) is 3.40. The van der Waals surface area contributed by atoms with Crippen LogP contribution in [0.4, 0.5) is 0 Å². The Morgan fingerprint density at radius 3 is 3.00 bits per heavy atom. The number of benzene rings is 1. The SMILES string of the molecule is CCNCc1cc(C)ccc1-n1ccnc1C#N. The molecule has 0 radical (unpaired) electrons. The molecule has 0 spiro atoms. The minimum Gasteiger partial charge on any atom is -0.313 e. The Bertz CT molecular complexity index is 578. The molecule has 0 aliphatic rings. The fraction of sp³-hybridized carbons (Fsp3) is 0.286. The standard InChI is InChI=1S/C14H16N4/c1-3-16-10-12-8-11(2)4-5-13(12)18-7-6-17-14(18)9-15/h4-8,16H,3,10H2,1-2H3. The van der Waals surface area contributed by atoms with Gasteiger partial charge < -0.3 is 5.32 Å². The van der Waals surface area contributed by atoms with Crippen molar-refractivity contribution in [1.82, 2.24) is 14.9 Å². The van der Waals surface area contributed by atoms with E-state index in [2.05, 4.69) is 36.3 Å². The highest BCUT2D eigenvalue weighted by atomic mass is 15.1. The Morgan fingerprint density at radius 1 is 1.44 bits per heavy atom. The van der Waals surface area contributed by atoms with Gasteiger partial charge in [-0.05, 0) is 25.1 Å². The average molecular weight is 240 g/mol. The van der Waals surface area contributed by atoms with Gasteiger partial charge in [-0.15, -0.1) is 0 Å². The van der Waals surface area contributed by atoms with Crippen molar-refractivity contribution < 1.29 is 0 Å². The van der Waals surface area contributed by atoms with Gasteiger partial charge in [-0.1, -0.05) is 24.6 Å². The number of imidazole rings is 1. The van der Waals surface area contributed by atoms with Crippen LogP contribution in [0.5, 0.6) is 0 Å². The fourth-order valence-electron chi connectivity index (χ4n) is 1.93. The van der Waals surface area contributed by atoms with E-state index in [0.29, 0.717) is 5.82 Å². The molecule has 0 aliphatic carbocycles. The molecule has 0 bridgehead atoms. The molecule has 0 atom stereocenters. The van der Waals surface area contributed by atoms with Crippen molar-refractivity contribution >= 4 is 0 Å². The highest BCUT2D eigenvalue weighted by Crippen LogP contribution is 2.18. The summed E-state index contributed by atoms with van der Waals surface area (Å²) in [6.07, 6.45) is 3.47. The van der Waals surface area contributed by atoms with Crippen LogP contribution in [0.1, 0.15) is 23.9 Å². The van der Waals surface area contributed by atoms with Crippen molar-refractivity contribution in [3.8, 4) is 11.8 Å². The zero-order valence-corrected chi connectivity index (χ0v) is 10.6. The predicted octanol–water partition coefficient (Wildman–Crippen LogP) is 2.16. The zero-order chi connectivity index (χ0) is 13.0. The van der Waals surface area contributed by atoms with Crippen LogP contribution in [-0.2, 0) is 6.54 Å². The molecule has 0 saturated heterocycles. The first-order valence-corrected chi connectivity index (χ1v) is 6.00. The first-order valence-electron chi connectivity index (χ1n) is 6.00. The molecule has 0 unspecified atom stereocenters. The van der Waals surface area contributed by atoms with E-state index in [4.69, 9.17) is 5.26 Å². The molecule has 1 aromatic carbocycles. The molecule has 1 aromatic heterocycles. The summed E-state index contributed by atoms with van der Waals surface area (Å²) in [5, 5.41) is 12.4. The number of hydrogen-bond donors (Lipinski definition) is 1. The van der Waals surface area contributed by atoms with Gasteiger partial charge in [0.15, 0.2) is 0 Å². The molecule has 4 nitrogen and oxygen atoms in total. The summed E-state index contributed by atoms with van der Waals surface area (Å²) in [4.78, 5) is 4.04.